The third kappa shape index (κ3) is 12.4. The van der Waals surface area contributed by atoms with Gasteiger partial charge in [-0.2, -0.15) is 0 Å². The molecular formula is C62H54F2N6O7. The summed E-state index contributed by atoms with van der Waals surface area (Å²) < 4.78 is 39.2. The molecule has 0 saturated carbocycles. The number of para-hydroxylation sites is 2. The zero-order valence-electron chi connectivity index (χ0n) is 42.5. The maximum Gasteiger partial charge on any atom is 0.340 e. The van der Waals surface area contributed by atoms with Crippen molar-refractivity contribution in [2.24, 2.45) is 5.73 Å². The number of likely N-dealkylation sites (N-methyl/N-ethyl adjacent to an activating group) is 2. The van der Waals surface area contributed by atoms with Gasteiger partial charge in [0.2, 0.25) is 11.8 Å². The van der Waals surface area contributed by atoms with Gasteiger partial charge in [0, 0.05) is 77.7 Å². The van der Waals surface area contributed by atoms with E-state index >= 15 is 0 Å². The second kappa shape index (κ2) is 24.4. The Kier molecular flexibility index (Phi) is 17.0. The van der Waals surface area contributed by atoms with Crippen LogP contribution in [-0.4, -0.2) is 70.1 Å². The number of nitrogens with two attached hydrogens (primary N) is 1. The lowest BCUT2D eigenvalue weighted by atomic mass is 9.98. The number of furan rings is 2. The number of carbonyl (C=O) groups is 4. The molecule has 0 atom stereocenters. The second-order valence-electron chi connectivity index (χ2n) is 17.5. The molecule has 10 aromatic rings. The Morgan fingerprint density at radius 1 is 0.494 bits per heavy atom. The van der Waals surface area contributed by atoms with Gasteiger partial charge < -0.3 is 45.4 Å². The Balaban J connectivity index is 0.000000197. The van der Waals surface area contributed by atoms with Crippen molar-refractivity contribution in [3.05, 3.63) is 217 Å². The fourth-order valence-electron chi connectivity index (χ4n) is 8.74. The standard InChI is InChI=1S/C31H26FN3O3.C30H23FN2O4.CH5N/c1-33-31(37)29-25-17-24(20-9-5-3-6-10-20)26(34-28(36)19-35(2)23-11-7-4-8-12-23)18-27(25)38-30(29)21-13-15-22(32)16-14-21;1-33(22-10-6-3-7-11-22)18-27(34)32-25-17-26-24(16-23(25)19-8-4-2-5-9-19)28(30(35)36)29(37-26)20-12-14-21(31)15-13-20;1-2/h3-18H,19H2,1-2H3,(H,33,37)(H,34,36);2-17H,18H2,1H3,(H,32,34)(H,35,36);2H2,1H3. The summed E-state index contributed by atoms with van der Waals surface area (Å²) in [6, 6.07) is 56.3. The number of aromatic carboxylic acids is 1. The van der Waals surface area contributed by atoms with E-state index in [2.05, 4.69) is 21.7 Å². The average molecular weight is 1030 g/mol. The SMILES string of the molecule is CN.CN(CC(=O)Nc1cc2oc(-c3ccc(F)cc3)c(C(=O)O)c2cc1-c1ccccc1)c1ccccc1.CNC(=O)c1c(-c2ccc(F)cc2)oc2cc(NC(=O)CN(C)c3ccccc3)c(-c3ccccc3)cc12. The Morgan fingerprint density at radius 3 is 1.21 bits per heavy atom. The highest BCUT2D eigenvalue weighted by Gasteiger charge is 2.26. The first-order chi connectivity index (χ1) is 37.3. The van der Waals surface area contributed by atoms with E-state index in [0.717, 1.165) is 28.1 Å². The lowest BCUT2D eigenvalue weighted by Crippen LogP contribution is -2.30. The van der Waals surface area contributed by atoms with E-state index in [1.54, 1.807) is 37.4 Å². The van der Waals surface area contributed by atoms with Gasteiger partial charge in [0.05, 0.1) is 30.0 Å². The van der Waals surface area contributed by atoms with Crippen molar-refractivity contribution >= 4 is 68.4 Å². The molecule has 0 fully saturated rings. The third-order valence-corrected chi connectivity index (χ3v) is 12.4. The fourth-order valence-corrected chi connectivity index (χ4v) is 8.74. The maximum atomic E-state index is 13.6. The Bertz CT molecular complexity index is 3670. The van der Waals surface area contributed by atoms with Crippen LogP contribution in [0, 0.1) is 11.6 Å². The van der Waals surface area contributed by atoms with Gasteiger partial charge in [0.15, 0.2) is 0 Å². The van der Waals surface area contributed by atoms with Crippen LogP contribution in [0.4, 0.5) is 31.5 Å². The number of hydrogen-bond donors (Lipinski definition) is 5. The van der Waals surface area contributed by atoms with Gasteiger partial charge in [0.25, 0.3) is 5.91 Å². The molecule has 3 amide bonds. The van der Waals surface area contributed by atoms with Crippen LogP contribution in [0.3, 0.4) is 0 Å². The normalized spacial score (nSPS) is 10.6. The predicted octanol–water partition coefficient (Wildman–Crippen LogP) is 12.6. The molecule has 0 spiro atoms. The highest BCUT2D eigenvalue weighted by atomic mass is 19.1. The summed E-state index contributed by atoms with van der Waals surface area (Å²) in [5.74, 6) is -2.32. The van der Waals surface area contributed by atoms with Crippen LogP contribution in [0.5, 0.6) is 0 Å². The largest absolute Gasteiger partial charge is 0.478 e. The number of amides is 3. The Hall–Kier alpha value is -9.86. The fraction of sp³-hybridized carbons (Fsp3) is 0.0968. The van der Waals surface area contributed by atoms with E-state index in [0.29, 0.717) is 61.3 Å². The average Bonchev–Trinajstić information content (AvgIpc) is 4.09. The number of anilines is 4. The molecule has 13 nitrogen and oxygen atoms in total. The van der Waals surface area contributed by atoms with Crippen molar-refractivity contribution in [3.8, 4) is 44.9 Å². The van der Waals surface area contributed by atoms with Crippen LogP contribution in [0.25, 0.3) is 66.8 Å². The molecule has 0 aliphatic rings. The highest BCUT2D eigenvalue weighted by Crippen LogP contribution is 2.42. The summed E-state index contributed by atoms with van der Waals surface area (Å²) in [4.78, 5) is 55.1. The van der Waals surface area contributed by atoms with E-state index in [9.17, 15) is 33.1 Å². The Morgan fingerprint density at radius 2 is 0.844 bits per heavy atom. The van der Waals surface area contributed by atoms with Crippen molar-refractivity contribution in [2.75, 3.05) is 61.7 Å². The predicted molar refractivity (Wildman–Crippen MR) is 301 cm³/mol. The molecule has 77 heavy (non-hydrogen) atoms. The van der Waals surface area contributed by atoms with Crippen LogP contribution >= 0.6 is 0 Å². The van der Waals surface area contributed by atoms with Gasteiger partial charge in [-0.05, 0) is 103 Å². The number of carboxylic acids is 1. The van der Waals surface area contributed by atoms with Gasteiger partial charge in [-0.1, -0.05) is 97.1 Å². The molecular weight excluding hydrogens is 979 g/mol. The molecule has 8 aromatic carbocycles. The van der Waals surface area contributed by atoms with Crippen LogP contribution in [0.2, 0.25) is 0 Å². The van der Waals surface area contributed by atoms with Gasteiger partial charge >= 0.3 is 5.97 Å². The number of fused-ring (bicyclic) bond motifs is 2. The number of halogens is 2. The van der Waals surface area contributed by atoms with Crippen molar-refractivity contribution in [2.45, 2.75) is 0 Å². The van der Waals surface area contributed by atoms with Crippen LogP contribution in [0.15, 0.2) is 203 Å². The number of rotatable bonds is 14. The molecule has 0 aliphatic carbocycles. The summed E-state index contributed by atoms with van der Waals surface area (Å²) >= 11 is 0. The van der Waals surface area contributed by atoms with Gasteiger partial charge in [0.1, 0.15) is 39.9 Å². The molecule has 0 radical (unpaired) electrons. The zero-order chi connectivity index (χ0) is 54.6. The minimum absolute atomic E-state index is 0.0273. The first-order valence-electron chi connectivity index (χ1n) is 24.3. The maximum absolute atomic E-state index is 13.6. The summed E-state index contributed by atoms with van der Waals surface area (Å²) in [6.45, 7) is 0.244. The second-order valence-corrected chi connectivity index (χ2v) is 17.5. The number of carboxylic acid groups (broad SMARTS) is 1. The monoisotopic (exact) mass is 1030 g/mol. The minimum atomic E-state index is -1.17. The van der Waals surface area contributed by atoms with E-state index in [1.165, 1.54) is 43.4 Å². The number of hydrogen-bond acceptors (Lipinski definition) is 9. The molecule has 0 saturated heterocycles. The summed E-state index contributed by atoms with van der Waals surface area (Å²) in [5.41, 5.74) is 12.5. The topological polar surface area (TPSA) is 183 Å². The molecule has 0 bridgehead atoms. The number of carbonyl (C=O) groups excluding carboxylic acids is 3. The number of benzene rings is 8. The quantitative estimate of drug-likeness (QED) is 0.0702. The third-order valence-electron chi connectivity index (χ3n) is 12.4. The lowest BCUT2D eigenvalue weighted by Gasteiger charge is -2.19. The van der Waals surface area contributed by atoms with Gasteiger partial charge in [-0.3, -0.25) is 14.4 Å². The summed E-state index contributed by atoms with van der Waals surface area (Å²) in [7, 11) is 6.73. The molecule has 15 heteroatoms. The van der Waals surface area contributed by atoms with E-state index in [4.69, 9.17) is 8.83 Å². The van der Waals surface area contributed by atoms with Crippen LogP contribution < -0.4 is 31.5 Å². The minimum Gasteiger partial charge on any atom is -0.478 e. The van der Waals surface area contributed by atoms with Crippen LogP contribution in [-0.2, 0) is 9.59 Å². The highest BCUT2D eigenvalue weighted by molar-refractivity contribution is 6.14. The molecule has 10 rings (SSSR count). The van der Waals surface area contributed by atoms with Crippen molar-refractivity contribution in [3.63, 3.8) is 0 Å². The molecule has 2 aromatic heterocycles. The molecule has 6 N–H and O–H groups in total. The molecule has 388 valence electrons. The van der Waals surface area contributed by atoms with Crippen LogP contribution in [0.1, 0.15) is 20.7 Å². The zero-order valence-corrected chi connectivity index (χ0v) is 42.5. The molecule has 0 unspecified atom stereocenters. The number of nitrogens with one attached hydrogen (secondary N) is 3. The van der Waals surface area contributed by atoms with E-state index in [1.807, 2.05) is 151 Å². The number of nitrogens with zero attached hydrogens (tertiary/aromatic N) is 2. The van der Waals surface area contributed by atoms with Gasteiger partial charge in [-0.15, -0.1) is 0 Å². The van der Waals surface area contributed by atoms with Crippen molar-refractivity contribution < 1.29 is 41.9 Å². The lowest BCUT2D eigenvalue weighted by molar-refractivity contribution is -0.115. The van der Waals surface area contributed by atoms with E-state index in [-0.39, 0.29) is 48.0 Å². The first kappa shape index (κ1) is 53.4. The summed E-state index contributed by atoms with van der Waals surface area (Å²) in [6.07, 6.45) is 0. The van der Waals surface area contributed by atoms with Crippen molar-refractivity contribution in [1.82, 2.24) is 5.32 Å². The molecule has 0 aliphatic heterocycles. The van der Waals surface area contributed by atoms with Crippen molar-refractivity contribution in [1.29, 1.82) is 0 Å². The van der Waals surface area contributed by atoms with E-state index < -0.39 is 11.8 Å². The van der Waals surface area contributed by atoms with Gasteiger partial charge in [-0.25, -0.2) is 13.6 Å². The molecule has 2 heterocycles. The summed E-state index contributed by atoms with van der Waals surface area (Å²) in [5, 5.41) is 19.7. The first-order valence-corrected chi connectivity index (χ1v) is 24.3. The smallest absolute Gasteiger partial charge is 0.340 e. The Labute approximate surface area is 443 Å².